The number of nitrogens with one attached hydrogen (secondary N) is 1. The van der Waals surface area contributed by atoms with Gasteiger partial charge in [-0.3, -0.25) is 0 Å². The van der Waals surface area contributed by atoms with Gasteiger partial charge in [-0.05, 0) is 37.3 Å². The fourth-order valence-corrected chi connectivity index (χ4v) is 3.01. The molecule has 2 aromatic rings. The van der Waals surface area contributed by atoms with Gasteiger partial charge in [-0.2, -0.15) is 0 Å². The highest BCUT2D eigenvalue weighted by Crippen LogP contribution is 2.12. The summed E-state index contributed by atoms with van der Waals surface area (Å²) in [6.07, 6.45) is 1.96. The van der Waals surface area contributed by atoms with E-state index in [1.807, 2.05) is 0 Å². The Kier molecular flexibility index (Phi) is 4.01. The van der Waals surface area contributed by atoms with Crippen molar-refractivity contribution in [3.63, 3.8) is 0 Å². The average Bonchev–Trinajstić information content (AvgIpc) is 2.81. The standard InChI is InChI=1S/C13H14FNO3S/c1-10(8-12-5-3-7-18-12)15-19(16,17)13-6-2-4-11(14)9-13/h2-7,9-10,15H,8H2,1H3. The number of halogens is 1. The van der Waals surface area contributed by atoms with Crippen LogP contribution in [0, 0.1) is 5.82 Å². The van der Waals surface area contributed by atoms with Gasteiger partial charge in [0.15, 0.2) is 0 Å². The molecule has 2 rings (SSSR count). The van der Waals surface area contributed by atoms with E-state index < -0.39 is 15.8 Å². The highest BCUT2D eigenvalue weighted by molar-refractivity contribution is 7.89. The molecule has 0 aliphatic rings. The lowest BCUT2D eigenvalue weighted by atomic mass is 10.2. The summed E-state index contributed by atoms with van der Waals surface area (Å²) in [6.45, 7) is 1.72. The van der Waals surface area contributed by atoms with E-state index in [1.54, 1.807) is 19.1 Å². The van der Waals surface area contributed by atoms with Crippen molar-refractivity contribution in [2.45, 2.75) is 24.3 Å². The van der Waals surface area contributed by atoms with E-state index in [-0.39, 0.29) is 10.9 Å². The molecule has 0 radical (unpaired) electrons. The number of hydrogen-bond acceptors (Lipinski definition) is 3. The molecule has 0 saturated heterocycles. The van der Waals surface area contributed by atoms with Gasteiger partial charge in [-0.25, -0.2) is 17.5 Å². The summed E-state index contributed by atoms with van der Waals surface area (Å²) >= 11 is 0. The van der Waals surface area contributed by atoms with Gasteiger partial charge in [-0.15, -0.1) is 0 Å². The summed E-state index contributed by atoms with van der Waals surface area (Å²) in [5.74, 6) is 0.107. The first-order chi connectivity index (χ1) is 8.97. The summed E-state index contributed by atoms with van der Waals surface area (Å²) in [4.78, 5) is -0.0844. The van der Waals surface area contributed by atoms with E-state index in [4.69, 9.17) is 4.42 Å². The van der Waals surface area contributed by atoms with E-state index in [0.29, 0.717) is 12.2 Å². The first-order valence-corrected chi connectivity index (χ1v) is 7.26. The molecule has 1 unspecified atom stereocenters. The van der Waals surface area contributed by atoms with Gasteiger partial charge in [0, 0.05) is 12.5 Å². The Labute approximate surface area is 111 Å². The SMILES string of the molecule is CC(Cc1ccco1)NS(=O)(=O)c1cccc(F)c1. The van der Waals surface area contributed by atoms with Gasteiger partial charge in [0.2, 0.25) is 10.0 Å². The quantitative estimate of drug-likeness (QED) is 0.916. The zero-order valence-corrected chi connectivity index (χ0v) is 11.2. The summed E-state index contributed by atoms with van der Waals surface area (Å²) < 4.78 is 44.7. The Bertz CT molecular complexity index is 638. The van der Waals surface area contributed by atoms with E-state index in [9.17, 15) is 12.8 Å². The molecule has 0 aliphatic heterocycles. The van der Waals surface area contributed by atoms with Crippen LogP contribution in [0.1, 0.15) is 12.7 Å². The molecule has 19 heavy (non-hydrogen) atoms. The molecule has 6 heteroatoms. The minimum absolute atomic E-state index is 0.0844. The zero-order valence-electron chi connectivity index (χ0n) is 10.3. The minimum atomic E-state index is -3.72. The van der Waals surface area contributed by atoms with Crippen molar-refractivity contribution in [2.75, 3.05) is 0 Å². The molecule has 0 amide bonds. The third-order valence-corrected chi connectivity index (χ3v) is 4.14. The molecule has 1 aromatic carbocycles. The van der Waals surface area contributed by atoms with Gasteiger partial charge in [0.1, 0.15) is 11.6 Å². The molecular formula is C13H14FNO3S. The third kappa shape index (κ3) is 3.65. The van der Waals surface area contributed by atoms with Gasteiger partial charge in [0.25, 0.3) is 0 Å². The van der Waals surface area contributed by atoms with Gasteiger partial charge < -0.3 is 4.42 Å². The number of furan rings is 1. The van der Waals surface area contributed by atoms with Crippen molar-refractivity contribution in [1.29, 1.82) is 0 Å². The predicted molar refractivity (Wildman–Crippen MR) is 68.6 cm³/mol. The molecule has 0 bridgehead atoms. The molecule has 1 aromatic heterocycles. The van der Waals surface area contributed by atoms with Crippen LogP contribution in [-0.2, 0) is 16.4 Å². The lowest BCUT2D eigenvalue weighted by molar-refractivity contribution is 0.479. The van der Waals surface area contributed by atoms with Crippen LogP contribution in [0.15, 0.2) is 52.0 Å². The Balaban J connectivity index is 2.09. The van der Waals surface area contributed by atoms with E-state index in [0.717, 1.165) is 6.07 Å². The summed E-state index contributed by atoms with van der Waals surface area (Å²) in [7, 11) is -3.72. The Morgan fingerprint density at radius 2 is 2.11 bits per heavy atom. The predicted octanol–water partition coefficient (Wildman–Crippen LogP) is 2.33. The number of rotatable bonds is 5. The van der Waals surface area contributed by atoms with Crippen LogP contribution in [0.2, 0.25) is 0 Å². The maximum atomic E-state index is 13.0. The van der Waals surface area contributed by atoms with Crippen LogP contribution in [0.25, 0.3) is 0 Å². The topological polar surface area (TPSA) is 59.3 Å². The molecule has 0 fully saturated rings. The first-order valence-electron chi connectivity index (χ1n) is 5.77. The second kappa shape index (κ2) is 5.54. The van der Waals surface area contributed by atoms with Crippen LogP contribution < -0.4 is 4.72 Å². The van der Waals surface area contributed by atoms with Crippen LogP contribution in [-0.4, -0.2) is 14.5 Å². The molecular weight excluding hydrogens is 269 g/mol. The lowest BCUT2D eigenvalue weighted by Gasteiger charge is -2.13. The fourth-order valence-electron chi connectivity index (χ4n) is 1.74. The van der Waals surface area contributed by atoms with Crippen molar-refractivity contribution in [1.82, 2.24) is 4.72 Å². The Hall–Kier alpha value is -1.66. The summed E-state index contributed by atoms with van der Waals surface area (Å²) in [6, 6.07) is 8.06. The van der Waals surface area contributed by atoms with Gasteiger partial charge >= 0.3 is 0 Å². The van der Waals surface area contributed by atoms with Crippen LogP contribution in [0.5, 0.6) is 0 Å². The second-order valence-corrected chi connectivity index (χ2v) is 5.98. The maximum Gasteiger partial charge on any atom is 0.240 e. The molecule has 0 saturated carbocycles. The largest absolute Gasteiger partial charge is 0.469 e. The number of sulfonamides is 1. The molecule has 0 spiro atoms. The van der Waals surface area contributed by atoms with Crippen molar-refractivity contribution in [2.24, 2.45) is 0 Å². The maximum absolute atomic E-state index is 13.0. The lowest BCUT2D eigenvalue weighted by Crippen LogP contribution is -2.34. The fraction of sp³-hybridized carbons (Fsp3) is 0.231. The smallest absolute Gasteiger partial charge is 0.240 e. The van der Waals surface area contributed by atoms with Crippen molar-refractivity contribution < 1.29 is 17.2 Å². The second-order valence-electron chi connectivity index (χ2n) is 4.26. The van der Waals surface area contributed by atoms with E-state index in [1.165, 1.54) is 24.5 Å². The van der Waals surface area contributed by atoms with Gasteiger partial charge in [0.05, 0.1) is 11.2 Å². The van der Waals surface area contributed by atoms with E-state index in [2.05, 4.69) is 4.72 Å². The summed E-state index contributed by atoms with van der Waals surface area (Å²) in [5.41, 5.74) is 0. The molecule has 4 nitrogen and oxygen atoms in total. The first kappa shape index (κ1) is 13.8. The van der Waals surface area contributed by atoms with Gasteiger partial charge in [-0.1, -0.05) is 6.07 Å². The van der Waals surface area contributed by atoms with Crippen LogP contribution in [0.3, 0.4) is 0 Å². The average molecular weight is 283 g/mol. The number of benzene rings is 1. The monoisotopic (exact) mass is 283 g/mol. The molecule has 1 N–H and O–H groups in total. The molecule has 1 atom stereocenters. The minimum Gasteiger partial charge on any atom is -0.469 e. The Morgan fingerprint density at radius 1 is 1.32 bits per heavy atom. The Morgan fingerprint density at radius 3 is 2.74 bits per heavy atom. The number of hydrogen-bond donors (Lipinski definition) is 1. The van der Waals surface area contributed by atoms with Crippen molar-refractivity contribution in [3.05, 3.63) is 54.2 Å². The van der Waals surface area contributed by atoms with Crippen molar-refractivity contribution in [3.8, 4) is 0 Å². The normalized spacial score (nSPS) is 13.4. The summed E-state index contributed by atoms with van der Waals surface area (Å²) in [5, 5.41) is 0. The zero-order chi connectivity index (χ0) is 13.9. The molecule has 0 aliphatic carbocycles. The highest BCUT2D eigenvalue weighted by Gasteiger charge is 2.18. The molecule has 1 heterocycles. The van der Waals surface area contributed by atoms with Crippen LogP contribution in [0.4, 0.5) is 4.39 Å². The van der Waals surface area contributed by atoms with Crippen molar-refractivity contribution >= 4 is 10.0 Å². The molecule has 102 valence electrons. The van der Waals surface area contributed by atoms with E-state index >= 15 is 0 Å². The van der Waals surface area contributed by atoms with Crippen LogP contribution >= 0.6 is 0 Å². The third-order valence-electron chi connectivity index (χ3n) is 2.55. The highest BCUT2D eigenvalue weighted by atomic mass is 32.2.